The smallest absolute Gasteiger partial charge is 0.320 e. The Bertz CT molecular complexity index is 154. The molecule has 1 aliphatic heterocycles. The highest BCUT2D eigenvalue weighted by Crippen LogP contribution is 2.29. The minimum Gasteiger partial charge on any atom is -0.480 e. The summed E-state index contributed by atoms with van der Waals surface area (Å²) in [7, 11) is 3.45. The van der Waals surface area contributed by atoms with E-state index in [4.69, 9.17) is 5.11 Å². The van der Waals surface area contributed by atoms with Crippen LogP contribution in [-0.4, -0.2) is 35.2 Å². The second-order valence-corrected chi connectivity index (χ2v) is 5.19. The molecule has 2 atom stereocenters. The van der Waals surface area contributed by atoms with Crippen molar-refractivity contribution in [2.45, 2.75) is 17.7 Å². The number of rotatable bonds is 3. The van der Waals surface area contributed by atoms with E-state index in [1.165, 1.54) is 0 Å². The van der Waals surface area contributed by atoms with Gasteiger partial charge in [-0.25, -0.2) is 0 Å². The zero-order valence-corrected chi connectivity index (χ0v) is 7.87. The summed E-state index contributed by atoms with van der Waals surface area (Å²) < 4.78 is 0. The third-order valence-electron chi connectivity index (χ3n) is 1.62. The third-order valence-corrected chi connectivity index (χ3v) is 3.84. The number of carboxylic acids is 1. The normalized spacial score (nSPS) is 30.6. The van der Waals surface area contributed by atoms with Gasteiger partial charge in [-0.3, -0.25) is 4.79 Å². The minimum atomic E-state index is -0.728. The summed E-state index contributed by atoms with van der Waals surface area (Å²) >= 11 is 0. The first kappa shape index (κ1) is 9.22. The summed E-state index contributed by atoms with van der Waals surface area (Å²) in [6.45, 7) is 0.822. The first-order valence-corrected chi connectivity index (χ1v) is 6.02. The number of aliphatic carboxylic acids is 1. The van der Waals surface area contributed by atoms with Gasteiger partial charge in [-0.1, -0.05) is 21.6 Å². The predicted molar refractivity (Wildman–Crippen MR) is 48.9 cm³/mol. The molecule has 0 spiro atoms. The van der Waals surface area contributed by atoms with Crippen molar-refractivity contribution in [2.75, 3.05) is 12.8 Å². The molecule has 0 radical (unpaired) electrons. The van der Waals surface area contributed by atoms with Crippen LogP contribution >= 0.6 is 21.6 Å². The van der Waals surface area contributed by atoms with Crippen molar-refractivity contribution in [1.82, 2.24) is 5.32 Å². The van der Waals surface area contributed by atoms with Crippen molar-refractivity contribution in [1.29, 1.82) is 0 Å². The summed E-state index contributed by atoms with van der Waals surface area (Å²) in [6.07, 6.45) is 2.76. The molecular weight excluding hydrogens is 182 g/mol. The second-order valence-electron chi connectivity index (χ2n) is 2.42. The highest BCUT2D eigenvalue weighted by molar-refractivity contribution is 8.76. The van der Waals surface area contributed by atoms with Gasteiger partial charge < -0.3 is 10.4 Å². The lowest BCUT2D eigenvalue weighted by molar-refractivity contribution is -0.139. The highest BCUT2D eigenvalue weighted by Gasteiger charge is 2.28. The highest BCUT2D eigenvalue weighted by atomic mass is 33.1. The number of nitrogens with one attached hydrogen (secondary N) is 1. The largest absolute Gasteiger partial charge is 0.480 e. The standard InChI is InChI=1S/C6H11NO2S2/c1-10-11-4-2-5(6(8)9)7-3-4/h4-5,7H,2-3H2,1H3,(H,8,9)/t4-,5+/m1/s1. The summed E-state index contributed by atoms with van der Waals surface area (Å²) in [6, 6.07) is -0.320. The van der Waals surface area contributed by atoms with Crippen LogP contribution in [0.4, 0.5) is 0 Å². The predicted octanol–water partition coefficient (Wildman–Crippen LogP) is 0.813. The molecule has 0 unspecified atom stereocenters. The fourth-order valence-corrected chi connectivity index (χ4v) is 3.06. The molecule has 1 heterocycles. The SMILES string of the molecule is CSS[C@H]1CN[C@H](C(=O)O)C1. The van der Waals surface area contributed by atoms with E-state index in [0.717, 1.165) is 13.0 Å². The Hall–Kier alpha value is 0.130. The number of carbonyl (C=O) groups is 1. The molecule has 1 fully saturated rings. The van der Waals surface area contributed by atoms with Crippen LogP contribution in [0, 0.1) is 0 Å². The summed E-state index contributed by atoms with van der Waals surface area (Å²) in [5, 5.41) is 12.0. The number of hydrogen-bond donors (Lipinski definition) is 2. The molecule has 0 aromatic rings. The second kappa shape index (κ2) is 4.23. The zero-order valence-electron chi connectivity index (χ0n) is 6.24. The fraction of sp³-hybridized carbons (Fsp3) is 0.833. The minimum absolute atomic E-state index is 0.320. The average Bonchev–Trinajstić information content (AvgIpc) is 2.37. The van der Waals surface area contributed by atoms with Crippen molar-refractivity contribution in [3.63, 3.8) is 0 Å². The molecule has 1 saturated heterocycles. The molecule has 5 heteroatoms. The van der Waals surface area contributed by atoms with E-state index in [9.17, 15) is 4.79 Å². The van der Waals surface area contributed by atoms with E-state index in [1.807, 2.05) is 6.26 Å². The summed E-state index contributed by atoms with van der Waals surface area (Å²) in [4.78, 5) is 10.5. The third kappa shape index (κ3) is 2.57. The van der Waals surface area contributed by atoms with Gasteiger partial charge in [0.15, 0.2) is 0 Å². The number of carboxylic acid groups (broad SMARTS) is 1. The van der Waals surface area contributed by atoms with Gasteiger partial charge in [0.2, 0.25) is 0 Å². The van der Waals surface area contributed by atoms with E-state index >= 15 is 0 Å². The quantitative estimate of drug-likeness (QED) is 0.650. The first-order valence-electron chi connectivity index (χ1n) is 3.39. The van der Waals surface area contributed by atoms with Crippen LogP contribution in [0.5, 0.6) is 0 Å². The first-order chi connectivity index (χ1) is 5.24. The molecule has 0 amide bonds. The Morgan fingerprint density at radius 1 is 1.73 bits per heavy atom. The topological polar surface area (TPSA) is 49.3 Å². The lowest BCUT2D eigenvalue weighted by atomic mass is 10.2. The Kier molecular flexibility index (Phi) is 3.54. The van der Waals surface area contributed by atoms with Gasteiger partial charge in [0.05, 0.1) is 0 Å². The summed E-state index contributed by atoms with van der Waals surface area (Å²) in [5.41, 5.74) is 0. The number of hydrogen-bond acceptors (Lipinski definition) is 4. The van der Waals surface area contributed by atoms with Gasteiger partial charge in [-0.15, -0.1) is 0 Å². The molecule has 0 saturated carbocycles. The van der Waals surface area contributed by atoms with E-state index in [1.54, 1.807) is 21.6 Å². The van der Waals surface area contributed by atoms with E-state index in [2.05, 4.69) is 5.32 Å². The molecule has 0 bridgehead atoms. The average molecular weight is 193 g/mol. The van der Waals surface area contributed by atoms with Crippen LogP contribution in [0.1, 0.15) is 6.42 Å². The maximum Gasteiger partial charge on any atom is 0.320 e. The monoisotopic (exact) mass is 193 g/mol. The zero-order chi connectivity index (χ0) is 8.27. The van der Waals surface area contributed by atoms with Crippen molar-refractivity contribution in [3.05, 3.63) is 0 Å². The van der Waals surface area contributed by atoms with Crippen LogP contribution in [0.15, 0.2) is 0 Å². The Labute approximate surface area is 73.7 Å². The van der Waals surface area contributed by atoms with Crippen LogP contribution in [-0.2, 0) is 4.79 Å². The Morgan fingerprint density at radius 3 is 2.91 bits per heavy atom. The molecule has 1 rings (SSSR count). The Morgan fingerprint density at radius 2 is 2.45 bits per heavy atom. The van der Waals surface area contributed by atoms with Crippen molar-refractivity contribution >= 4 is 27.6 Å². The fourth-order valence-electron chi connectivity index (χ4n) is 1.10. The van der Waals surface area contributed by atoms with Gasteiger partial charge in [0.1, 0.15) is 6.04 Å². The van der Waals surface area contributed by atoms with Crippen molar-refractivity contribution < 1.29 is 9.90 Å². The molecule has 64 valence electrons. The Balaban J connectivity index is 2.29. The van der Waals surface area contributed by atoms with Gasteiger partial charge in [-0.05, 0) is 12.7 Å². The van der Waals surface area contributed by atoms with Crippen LogP contribution < -0.4 is 5.32 Å². The van der Waals surface area contributed by atoms with Crippen LogP contribution in [0.2, 0.25) is 0 Å². The maximum absolute atomic E-state index is 10.5. The summed E-state index contributed by atoms with van der Waals surface area (Å²) in [5.74, 6) is -0.728. The molecule has 2 N–H and O–H groups in total. The van der Waals surface area contributed by atoms with E-state index in [-0.39, 0.29) is 6.04 Å². The van der Waals surface area contributed by atoms with Gasteiger partial charge in [-0.2, -0.15) is 0 Å². The lowest BCUT2D eigenvalue weighted by Gasteiger charge is -2.03. The maximum atomic E-state index is 10.5. The van der Waals surface area contributed by atoms with Gasteiger partial charge in [0, 0.05) is 11.8 Å². The van der Waals surface area contributed by atoms with Gasteiger partial charge in [0.25, 0.3) is 0 Å². The van der Waals surface area contributed by atoms with Crippen molar-refractivity contribution in [2.24, 2.45) is 0 Å². The molecule has 1 aliphatic rings. The molecule has 3 nitrogen and oxygen atoms in total. The molecular formula is C6H11NO2S2. The van der Waals surface area contributed by atoms with E-state index < -0.39 is 5.97 Å². The molecule has 0 aliphatic carbocycles. The van der Waals surface area contributed by atoms with E-state index in [0.29, 0.717) is 5.25 Å². The van der Waals surface area contributed by atoms with Gasteiger partial charge >= 0.3 is 5.97 Å². The molecule has 11 heavy (non-hydrogen) atoms. The van der Waals surface area contributed by atoms with Crippen LogP contribution in [0.25, 0.3) is 0 Å². The van der Waals surface area contributed by atoms with Crippen molar-refractivity contribution in [3.8, 4) is 0 Å². The lowest BCUT2D eigenvalue weighted by Crippen LogP contribution is -2.29. The van der Waals surface area contributed by atoms with Crippen LogP contribution in [0.3, 0.4) is 0 Å². The molecule has 0 aromatic carbocycles. The molecule has 0 aromatic heterocycles.